The van der Waals surface area contributed by atoms with Crippen LogP contribution in [0, 0.1) is 0 Å². The fourth-order valence-electron chi connectivity index (χ4n) is 4.37. The van der Waals surface area contributed by atoms with Crippen LogP contribution in [0.25, 0.3) is 5.57 Å². The van der Waals surface area contributed by atoms with Gasteiger partial charge in [0.25, 0.3) is 0 Å². The van der Waals surface area contributed by atoms with E-state index >= 15 is 0 Å². The van der Waals surface area contributed by atoms with E-state index in [1.54, 1.807) is 4.90 Å². The van der Waals surface area contributed by atoms with E-state index in [-0.39, 0.29) is 6.09 Å². The first kappa shape index (κ1) is 21.3. The maximum atomic E-state index is 12.2. The second-order valence-electron chi connectivity index (χ2n) is 9.48. The van der Waals surface area contributed by atoms with E-state index in [0.29, 0.717) is 57.7 Å². The molecule has 0 bridgehead atoms. The zero-order valence-electron chi connectivity index (χ0n) is 18.1. The SMILES string of the molecule is CC(C)(C)OC(=O)N1CC=C(c2ccc(C3(O)CCC4(CC3)OCCO4)nc2)CC1. The molecule has 7 nitrogen and oxygen atoms in total. The van der Waals surface area contributed by atoms with Crippen molar-refractivity contribution in [2.45, 2.75) is 69.9 Å². The Morgan fingerprint density at radius 1 is 1.17 bits per heavy atom. The van der Waals surface area contributed by atoms with Crippen LogP contribution in [0.2, 0.25) is 0 Å². The first-order valence-electron chi connectivity index (χ1n) is 10.8. The average molecular weight is 417 g/mol. The fourth-order valence-corrected chi connectivity index (χ4v) is 4.37. The molecule has 7 heteroatoms. The van der Waals surface area contributed by atoms with Gasteiger partial charge in [-0.15, -0.1) is 0 Å². The maximum Gasteiger partial charge on any atom is 0.410 e. The second-order valence-corrected chi connectivity index (χ2v) is 9.48. The summed E-state index contributed by atoms with van der Waals surface area (Å²) >= 11 is 0. The van der Waals surface area contributed by atoms with Crippen LogP contribution in [0.15, 0.2) is 24.4 Å². The fraction of sp³-hybridized carbons (Fsp3) is 0.652. The molecule has 0 radical (unpaired) electrons. The van der Waals surface area contributed by atoms with Gasteiger partial charge in [-0.2, -0.15) is 0 Å². The number of rotatable bonds is 2. The predicted octanol–water partition coefficient (Wildman–Crippen LogP) is 3.61. The molecule has 0 atom stereocenters. The highest BCUT2D eigenvalue weighted by Crippen LogP contribution is 2.44. The van der Waals surface area contributed by atoms with E-state index in [2.05, 4.69) is 11.1 Å². The second kappa shape index (κ2) is 7.94. The molecule has 1 aromatic heterocycles. The molecule has 0 aromatic carbocycles. The van der Waals surface area contributed by atoms with Gasteiger partial charge in [-0.05, 0) is 57.2 Å². The van der Waals surface area contributed by atoms with Gasteiger partial charge in [0.15, 0.2) is 5.79 Å². The summed E-state index contributed by atoms with van der Waals surface area (Å²) in [4.78, 5) is 18.5. The van der Waals surface area contributed by atoms with Crippen LogP contribution in [-0.4, -0.2) is 58.8 Å². The number of carbonyl (C=O) groups excluding carboxylic acids is 1. The molecule has 2 aliphatic heterocycles. The zero-order valence-corrected chi connectivity index (χ0v) is 18.1. The van der Waals surface area contributed by atoms with Gasteiger partial charge in [0, 0.05) is 32.1 Å². The Balaban J connectivity index is 1.38. The highest BCUT2D eigenvalue weighted by Gasteiger charge is 2.46. The molecule has 1 saturated carbocycles. The molecule has 1 spiro atoms. The van der Waals surface area contributed by atoms with E-state index in [4.69, 9.17) is 14.2 Å². The molecule has 1 saturated heterocycles. The van der Waals surface area contributed by atoms with Crippen LogP contribution in [0.1, 0.15) is 64.1 Å². The molecule has 4 rings (SSSR count). The van der Waals surface area contributed by atoms with E-state index in [9.17, 15) is 9.90 Å². The summed E-state index contributed by atoms with van der Waals surface area (Å²) < 4.78 is 17.0. The molecule has 2 fully saturated rings. The van der Waals surface area contributed by atoms with E-state index in [1.807, 2.05) is 39.1 Å². The summed E-state index contributed by atoms with van der Waals surface area (Å²) in [5, 5.41) is 11.1. The number of carbonyl (C=O) groups is 1. The topological polar surface area (TPSA) is 81.1 Å². The Labute approximate surface area is 178 Å². The Bertz CT molecular complexity index is 796. The van der Waals surface area contributed by atoms with E-state index < -0.39 is 17.0 Å². The van der Waals surface area contributed by atoms with Crippen molar-refractivity contribution in [3.8, 4) is 0 Å². The molecular formula is C23H32N2O5. The lowest BCUT2D eigenvalue weighted by molar-refractivity contribution is -0.204. The van der Waals surface area contributed by atoms with Crippen LogP contribution in [0.4, 0.5) is 4.79 Å². The quantitative estimate of drug-likeness (QED) is 0.793. The smallest absolute Gasteiger partial charge is 0.410 e. The van der Waals surface area contributed by atoms with Crippen molar-refractivity contribution < 1.29 is 24.1 Å². The average Bonchev–Trinajstić information content (AvgIpc) is 3.18. The van der Waals surface area contributed by atoms with Gasteiger partial charge in [0.1, 0.15) is 11.2 Å². The summed E-state index contributed by atoms with van der Waals surface area (Å²) in [7, 11) is 0. The number of ether oxygens (including phenoxy) is 3. The minimum Gasteiger partial charge on any atom is -0.444 e. The molecule has 164 valence electrons. The van der Waals surface area contributed by atoms with Crippen molar-refractivity contribution in [2.24, 2.45) is 0 Å². The van der Waals surface area contributed by atoms with Gasteiger partial charge in [0.2, 0.25) is 0 Å². The van der Waals surface area contributed by atoms with Crippen molar-refractivity contribution in [1.29, 1.82) is 0 Å². The summed E-state index contributed by atoms with van der Waals surface area (Å²) in [5.41, 5.74) is 1.46. The van der Waals surface area contributed by atoms with Gasteiger partial charge in [0.05, 0.1) is 18.9 Å². The summed E-state index contributed by atoms with van der Waals surface area (Å²) in [6, 6.07) is 3.94. The lowest BCUT2D eigenvalue weighted by Gasteiger charge is -2.40. The predicted molar refractivity (Wildman–Crippen MR) is 112 cm³/mol. The standard InChI is InChI=1S/C23H32N2O5/c1-21(2,3)30-20(26)25-12-6-17(7-13-25)18-4-5-19(24-16-18)22(27)8-10-23(11-9-22)28-14-15-29-23/h4-6,16,27H,7-15H2,1-3H3. The third-order valence-corrected chi connectivity index (χ3v) is 6.12. The number of aromatic nitrogens is 1. The molecule has 30 heavy (non-hydrogen) atoms. The summed E-state index contributed by atoms with van der Waals surface area (Å²) in [6.07, 6.45) is 6.87. The number of aliphatic hydroxyl groups is 1. The lowest BCUT2D eigenvalue weighted by Crippen LogP contribution is -2.42. The molecule has 1 aromatic rings. The molecule has 3 aliphatic rings. The van der Waals surface area contributed by atoms with Crippen LogP contribution >= 0.6 is 0 Å². The maximum absolute atomic E-state index is 12.2. The van der Waals surface area contributed by atoms with Gasteiger partial charge in [-0.25, -0.2) is 4.79 Å². The third-order valence-electron chi connectivity index (χ3n) is 6.12. The van der Waals surface area contributed by atoms with Gasteiger partial charge < -0.3 is 24.2 Å². The molecular weight excluding hydrogens is 384 g/mol. The first-order valence-corrected chi connectivity index (χ1v) is 10.8. The minimum atomic E-state index is -0.937. The van der Waals surface area contributed by atoms with E-state index in [0.717, 1.165) is 17.6 Å². The van der Waals surface area contributed by atoms with Crippen LogP contribution in [-0.2, 0) is 19.8 Å². The minimum absolute atomic E-state index is 0.279. The normalized spacial score (nSPS) is 23.3. The Morgan fingerprint density at radius 2 is 1.87 bits per heavy atom. The Hall–Kier alpha value is -1.96. The van der Waals surface area contributed by atoms with Crippen LogP contribution in [0.5, 0.6) is 0 Å². The number of pyridine rings is 1. The van der Waals surface area contributed by atoms with Gasteiger partial charge in [-0.3, -0.25) is 4.98 Å². The number of hydrogen-bond acceptors (Lipinski definition) is 6. The highest BCUT2D eigenvalue weighted by molar-refractivity contribution is 5.72. The van der Waals surface area contributed by atoms with E-state index in [1.165, 1.54) is 0 Å². The number of nitrogens with zero attached hydrogens (tertiary/aromatic N) is 2. The first-order chi connectivity index (χ1) is 14.2. The monoisotopic (exact) mass is 416 g/mol. The molecule has 1 N–H and O–H groups in total. The molecule has 3 heterocycles. The van der Waals surface area contributed by atoms with Crippen molar-refractivity contribution in [2.75, 3.05) is 26.3 Å². The van der Waals surface area contributed by atoms with Crippen molar-refractivity contribution >= 4 is 11.7 Å². The lowest BCUT2D eigenvalue weighted by atomic mass is 9.79. The number of amides is 1. The summed E-state index contributed by atoms with van der Waals surface area (Å²) in [5.74, 6) is -0.501. The van der Waals surface area contributed by atoms with Crippen molar-refractivity contribution in [1.82, 2.24) is 9.88 Å². The molecule has 0 unspecified atom stereocenters. The van der Waals surface area contributed by atoms with Gasteiger partial charge in [-0.1, -0.05) is 12.1 Å². The largest absolute Gasteiger partial charge is 0.444 e. The highest BCUT2D eigenvalue weighted by atomic mass is 16.7. The van der Waals surface area contributed by atoms with Crippen molar-refractivity contribution in [3.05, 3.63) is 35.7 Å². The molecule has 1 aliphatic carbocycles. The third kappa shape index (κ3) is 4.53. The molecule has 1 amide bonds. The van der Waals surface area contributed by atoms with Crippen molar-refractivity contribution in [3.63, 3.8) is 0 Å². The van der Waals surface area contributed by atoms with Gasteiger partial charge >= 0.3 is 6.09 Å². The Morgan fingerprint density at radius 3 is 2.40 bits per heavy atom. The van der Waals surface area contributed by atoms with Crippen LogP contribution in [0.3, 0.4) is 0 Å². The Kier molecular flexibility index (Phi) is 5.64. The number of hydrogen-bond donors (Lipinski definition) is 1. The summed E-state index contributed by atoms with van der Waals surface area (Å²) in [6.45, 7) is 8.02. The van der Waals surface area contributed by atoms with Crippen LogP contribution < -0.4 is 0 Å². The zero-order chi connectivity index (χ0) is 21.4.